The van der Waals surface area contributed by atoms with Gasteiger partial charge in [0.05, 0.1) is 18.4 Å². The highest BCUT2D eigenvalue weighted by Crippen LogP contribution is 2.11. The van der Waals surface area contributed by atoms with Gasteiger partial charge in [0.2, 0.25) is 0 Å². The molecule has 0 radical (unpaired) electrons. The number of aromatic nitrogens is 1. The summed E-state index contributed by atoms with van der Waals surface area (Å²) in [7, 11) is 0. The zero-order valence-corrected chi connectivity index (χ0v) is 11.5. The molecular formula is C13H23N3O2. The van der Waals surface area contributed by atoms with E-state index in [-0.39, 0.29) is 0 Å². The number of rotatable bonds is 5. The largest absolute Gasteiger partial charge is 0.374 e. The number of morpholine rings is 1. The van der Waals surface area contributed by atoms with Gasteiger partial charge in [-0.05, 0) is 20.4 Å². The Bertz CT molecular complexity index is 359. The Balaban J connectivity index is 1.75. The van der Waals surface area contributed by atoms with Gasteiger partial charge < -0.3 is 14.6 Å². The maximum absolute atomic E-state index is 5.75. The summed E-state index contributed by atoms with van der Waals surface area (Å²) in [6.45, 7) is 11.8. The third-order valence-corrected chi connectivity index (χ3v) is 3.53. The molecule has 2 rings (SSSR count). The minimum atomic E-state index is 0.291. The lowest BCUT2D eigenvalue weighted by molar-refractivity contribution is -0.0253. The van der Waals surface area contributed by atoms with Crippen LogP contribution in [0.25, 0.3) is 0 Å². The van der Waals surface area contributed by atoms with Gasteiger partial charge in [-0.1, -0.05) is 12.1 Å². The monoisotopic (exact) mass is 253 g/mol. The summed E-state index contributed by atoms with van der Waals surface area (Å²) in [5.41, 5.74) is 2.14. The summed E-state index contributed by atoms with van der Waals surface area (Å²) in [6.07, 6.45) is 0.291. The van der Waals surface area contributed by atoms with E-state index in [0.717, 1.165) is 56.3 Å². The van der Waals surface area contributed by atoms with Crippen LogP contribution in [0.3, 0.4) is 0 Å². The molecule has 2 heterocycles. The lowest BCUT2D eigenvalue weighted by atomic mass is 10.2. The fraction of sp³-hybridized carbons (Fsp3) is 0.769. The zero-order valence-electron chi connectivity index (χ0n) is 11.5. The normalized spacial score (nSPS) is 21.4. The van der Waals surface area contributed by atoms with Crippen molar-refractivity contribution in [1.29, 1.82) is 0 Å². The van der Waals surface area contributed by atoms with Crippen molar-refractivity contribution in [3.63, 3.8) is 0 Å². The van der Waals surface area contributed by atoms with Crippen LogP contribution in [0.15, 0.2) is 4.52 Å². The van der Waals surface area contributed by atoms with Crippen molar-refractivity contribution in [2.45, 2.75) is 33.4 Å². The van der Waals surface area contributed by atoms with Crippen LogP contribution in [-0.2, 0) is 11.3 Å². The molecule has 0 amide bonds. The lowest BCUT2D eigenvalue weighted by Gasteiger charge is -2.32. The van der Waals surface area contributed by atoms with Gasteiger partial charge in [-0.15, -0.1) is 0 Å². The van der Waals surface area contributed by atoms with E-state index < -0.39 is 0 Å². The van der Waals surface area contributed by atoms with Crippen molar-refractivity contribution < 1.29 is 9.26 Å². The van der Waals surface area contributed by atoms with E-state index in [2.05, 4.69) is 22.3 Å². The Morgan fingerprint density at radius 1 is 1.44 bits per heavy atom. The second kappa shape index (κ2) is 6.31. The van der Waals surface area contributed by atoms with Gasteiger partial charge in [-0.3, -0.25) is 4.90 Å². The molecule has 0 aliphatic carbocycles. The van der Waals surface area contributed by atoms with Gasteiger partial charge >= 0.3 is 0 Å². The maximum atomic E-state index is 5.75. The fourth-order valence-corrected chi connectivity index (χ4v) is 2.30. The SMILES string of the molecule is CCN1CCOC(CNCc2c(C)noc2C)C1. The summed E-state index contributed by atoms with van der Waals surface area (Å²) in [4.78, 5) is 2.42. The summed E-state index contributed by atoms with van der Waals surface area (Å²) in [5.74, 6) is 0.903. The van der Waals surface area contributed by atoms with Crippen LogP contribution in [0.5, 0.6) is 0 Å². The topological polar surface area (TPSA) is 50.5 Å². The van der Waals surface area contributed by atoms with Crippen molar-refractivity contribution in [2.75, 3.05) is 32.8 Å². The molecule has 1 unspecified atom stereocenters. The Labute approximate surface area is 108 Å². The Morgan fingerprint density at radius 3 is 2.94 bits per heavy atom. The number of likely N-dealkylation sites (N-methyl/N-ethyl adjacent to an activating group) is 1. The summed E-state index contributed by atoms with van der Waals surface area (Å²) in [6, 6.07) is 0. The molecule has 1 fully saturated rings. The molecule has 1 atom stereocenters. The average Bonchev–Trinajstić information content (AvgIpc) is 2.70. The third kappa shape index (κ3) is 3.31. The number of nitrogens with zero attached hydrogens (tertiary/aromatic N) is 2. The van der Waals surface area contributed by atoms with E-state index in [1.165, 1.54) is 0 Å². The molecule has 1 saturated heterocycles. The highest BCUT2D eigenvalue weighted by Gasteiger charge is 2.19. The lowest BCUT2D eigenvalue weighted by Crippen LogP contribution is -2.46. The molecule has 0 bridgehead atoms. The van der Waals surface area contributed by atoms with Crippen molar-refractivity contribution >= 4 is 0 Å². The summed E-state index contributed by atoms with van der Waals surface area (Å²) in [5, 5.41) is 7.38. The van der Waals surface area contributed by atoms with E-state index in [4.69, 9.17) is 9.26 Å². The zero-order chi connectivity index (χ0) is 13.0. The molecule has 1 aromatic heterocycles. The fourth-order valence-electron chi connectivity index (χ4n) is 2.30. The minimum Gasteiger partial charge on any atom is -0.374 e. The molecule has 102 valence electrons. The number of nitrogens with one attached hydrogen (secondary N) is 1. The number of aryl methyl sites for hydroxylation is 2. The molecular weight excluding hydrogens is 230 g/mol. The van der Waals surface area contributed by atoms with Crippen LogP contribution in [0.4, 0.5) is 0 Å². The first-order chi connectivity index (χ1) is 8.70. The first-order valence-electron chi connectivity index (χ1n) is 6.67. The average molecular weight is 253 g/mol. The number of hydrogen-bond acceptors (Lipinski definition) is 5. The van der Waals surface area contributed by atoms with Crippen molar-refractivity contribution in [3.8, 4) is 0 Å². The highest BCUT2D eigenvalue weighted by atomic mass is 16.5. The van der Waals surface area contributed by atoms with Crippen LogP contribution in [0.1, 0.15) is 23.9 Å². The first kappa shape index (κ1) is 13.5. The Kier molecular flexibility index (Phi) is 4.74. The molecule has 5 heteroatoms. The van der Waals surface area contributed by atoms with Gasteiger partial charge in [-0.2, -0.15) is 0 Å². The van der Waals surface area contributed by atoms with Gasteiger partial charge in [0.15, 0.2) is 0 Å². The van der Waals surface area contributed by atoms with Crippen molar-refractivity contribution in [1.82, 2.24) is 15.4 Å². The smallest absolute Gasteiger partial charge is 0.138 e. The standard InChI is InChI=1S/C13H23N3O2/c1-4-16-5-6-17-12(9-16)7-14-8-13-10(2)15-18-11(13)3/h12,14H,4-9H2,1-3H3. The van der Waals surface area contributed by atoms with E-state index in [9.17, 15) is 0 Å². The Morgan fingerprint density at radius 2 is 2.28 bits per heavy atom. The van der Waals surface area contributed by atoms with E-state index >= 15 is 0 Å². The molecule has 1 aromatic rings. The highest BCUT2D eigenvalue weighted by molar-refractivity contribution is 5.20. The van der Waals surface area contributed by atoms with Crippen molar-refractivity contribution in [3.05, 3.63) is 17.0 Å². The van der Waals surface area contributed by atoms with E-state index in [0.29, 0.717) is 6.10 Å². The van der Waals surface area contributed by atoms with Crippen LogP contribution in [0.2, 0.25) is 0 Å². The molecule has 0 saturated carbocycles. The van der Waals surface area contributed by atoms with Crippen LogP contribution in [-0.4, -0.2) is 48.9 Å². The summed E-state index contributed by atoms with van der Waals surface area (Å²) >= 11 is 0. The third-order valence-electron chi connectivity index (χ3n) is 3.53. The van der Waals surface area contributed by atoms with Gasteiger partial charge in [-0.25, -0.2) is 0 Å². The molecule has 5 nitrogen and oxygen atoms in total. The maximum Gasteiger partial charge on any atom is 0.138 e. The van der Waals surface area contributed by atoms with Gasteiger partial charge in [0.25, 0.3) is 0 Å². The predicted octanol–water partition coefficient (Wildman–Crippen LogP) is 1.10. The quantitative estimate of drug-likeness (QED) is 0.851. The Hall–Kier alpha value is -0.910. The van der Waals surface area contributed by atoms with Crippen LogP contribution >= 0.6 is 0 Å². The van der Waals surface area contributed by atoms with E-state index in [1.54, 1.807) is 0 Å². The van der Waals surface area contributed by atoms with Gasteiger partial charge in [0, 0.05) is 31.7 Å². The molecule has 0 spiro atoms. The van der Waals surface area contributed by atoms with Crippen LogP contribution < -0.4 is 5.32 Å². The molecule has 0 aromatic carbocycles. The predicted molar refractivity (Wildman–Crippen MR) is 69.5 cm³/mol. The van der Waals surface area contributed by atoms with Crippen molar-refractivity contribution in [2.24, 2.45) is 0 Å². The molecule has 1 aliphatic heterocycles. The van der Waals surface area contributed by atoms with Gasteiger partial charge in [0.1, 0.15) is 5.76 Å². The summed E-state index contributed by atoms with van der Waals surface area (Å²) < 4.78 is 10.9. The first-order valence-corrected chi connectivity index (χ1v) is 6.67. The molecule has 1 N–H and O–H groups in total. The second-order valence-corrected chi connectivity index (χ2v) is 4.82. The molecule has 18 heavy (non-hydrogen) atoms. The molecule has 1 aliphatic rings. The van der Waals surface area contributed by atoms with E-state index in [1.807, 2.05) is 13.8 Å². The van der Waals surface area contributed by atoms with Crippen LogP contribution in [0, 0.1) is 13.8 Å². The number of ether oxygens (including phenoxy) is 1. The minimum absolute atomic E-state index is 0.291. The second-order valence-electron chi connectivity index (χ2n) is 4.82. The number of hydrogen-bond donors (Lipinski definition) is 1.